The van der Waals surface area contributed by atoms with Crippen LogP contribution in [0.2, 0.25) is 0 Å². The number of carboxylic acids is 1. The van der Waals surface area contributed by atoms with Gasteiger partial charge in [0.15, 0.2) is 0 Å². The van der Waals surface area contributed by atoms with Crippen molar-refractivity contribution in [1.82, 2.24) is 20.3 Å². The van der Waals surface area contributed by atoms with Crippen LogP contribution in [0.25, 0.3) is 0 Å². The van der Waals surface area contributed by atoms with Crippen LogP contribution in [0.3, 0.4) is 0 Å². The van der Waals surface area contributed by atoms with Gasteiger partial charge in [0.25, 0.3) is 0 Å². The Morgan fingerprint density at radius 3 is 3.17 bits per heavy atom. The molecule has 0 bridgehead atoms. The number of aromatic carboxylic acids is 1. The highest BCUT2D eigenvalue weighted by Crippen LogP contribution is 2.09. The van der Waals surface area contributed by atoms with E-state index in [1.54, 1.807) is 23.1 Å². The summed E-state index contributed by atoms with van der Waals surface area (Å²) in [4.78, 5) is 10.8. The standard InChI is InChI=1S/C11H14N4O3/c16-11(17)10-9(2-7-18-10)8-12-3-1-5-15-6-4-13-14-15/h2,4,6-7,12H,1,3,5,8H2,(H,16,17). The lowest BCUT2D eigenvalue weighted by Crippen LogP contribution is -2.17. The van der Waals surface area contributed by atoms with Gasteiger partial charge in [0.05, 0.1) is 12.5 Å². The molecule has 2 aromatic rings. The largest absolute Gasteiger partial charge is 0.475 e. The van der Waals surface area contributed by atoms with Gasteiger partial charge in [-0.05, 0) is 19.0 Å². The predicted molar refractivity (Wildman–Crippen MR) is 62.0 cm³/mol. The van der Waals surface area contributed by atoms with Crippen LogP contribution in [0.5, 0.6) is 0 Å². The Balaban J connectivity index is 1.69. The number of aromatic nitrogens is 3. The number of nitrogens with one attached hydrogen (secondary N) is 1. The number of rotatable bonds is 7. The van der Waals surface area contributed by atoms with Crippen molar-refractivity contribution in [3.63, 3.8) is 0 Å². The lowest BCUT2D eigenvalue weighted by Gasteiger charge is -2.03. The second kappa shape index (κ2) is 5.97. The molecule has 18 heavy (non-hydrogen) atoms. The van der Waals surface area contributed by atoms with Crippen LogP contribution in [0, 0.1) is 0 Å². The SMILES string of the molecule is O=C(O)c1occc1CNCCCn1ccnn1. The van der Waals surface area contributed by atoms with Crippen molar-refractivity contribution < 1.29 is 14.3 Å². The van der Waals surface area contributed by atoms with E-state index < -0.39 is 5.97 Å². The highest BCUT2D eigenvalue weighted by molar-refractivity contribution is 5.86. The fourth-order valence-corrected chi connectivity index (χ4v) is 1.60. The van der Waals surface area contributed by atoms with Crippen LogP contribution in [0.1, 0.15) is 22.5 Å². The molecule has 0 spiro atoms. The van der Waals surface area contributed by atoms with Gasteiger partial charge >= 0.3 is 5.97 Å². The van der Waals surface area contributed by atoms with Gasteiger partial charge in [0.2, 0.25) is 5.76 Å². The molecule has 7 heteroatoms. The van der Waals surface area contributed by atoms with Crippen molar-refractivity contribution in [1.29, 1.82) is 0 Å². The van der Waals surface area contributed by atoms with Crippen LogP contribution in [0.15, 0.2) is 29.1 Å². The minimum Gasteiger partial charge on any atom is -0.475 e. The second-order valence-electron chi connectivity index (χ2n) is 3.78. The van der Waals surface area contributed by atoms with Gasteiger partial charge in [-0.15, -0.1) is 5.10 Å². The summed E-state index contributed by atoms with van der Waals surface area (Å²) in [5.74, 6) is -1.04. The van der Waals surface area contributed by atoms with E-state index in [4.69, 9.17) is 9.52 Å². The summed E-state index contributed by atoms with van der Waals surface area (Å²) in [5.41, 5.74) is 0.656. The topological polar surface area (TPSA) is 93.2 Å². The molecule has 0 aliphatic rings. The van der Waals surface area contributed by atoms with E-state index in [1.807, 2.05) is 0 Å². The van der Waals surface area contributed by atoms with Gasteiger partial charge in [0, 0.05) is 24.8 Å². The van der Waals surface area contributed by atoms with Gasteiger partial charge in [-0.3, -0.25) is 4.68 Å². The van der Waals surface area contributed by atoms with E-state index in [2.05, 4.69) is 15.6 Å². The average molecular weight is 250 g/mol. The molecule has 0 unspecified atom stereocenters. The van der Waals surface area contributed by atoms with Crippen LogP contribution in [0.4, 0.5) is 0 Å². The van der Waals surface area contributed by atoms with E-state index in [1.165, 1.54) is 6.26 Å². The Kier molecular flexibility index (Phi) is 4.08. The maximum absolute atomic E-state index is 10.8. The first-order chi connectivity index (χ1) is 8.77. The number of furan rings is 1. The Hall–Kier alpha value is -2.15. The van der Waals surface area contributed by atoms with E-state index in [0.29, 0.717) is 12.1 Å². The summed E-state index contributed by atoms with van der Waals surface area (Å²) in [7, 11) is 0. The number of carboxylic acid groups (broad SMARTS) is 1. The van der Waals surface area contributed by atoms with E-state index in [0.717, 1.165) is 19.5 Å². The molecule has 2 rings (SSSR count). The molecule has 2 aromatic heterocycles. The van der Waals surface area contributed by atoms with Crippen LogP contribution in [-0.2, 0) is 13.1 Å². The minimum atomic E-state index is -1.04. The zero-order valence-corrected chi connectivity index (χ0v) is 9.74. The Labute approximate surface area is 103 Å². The number of nitrogens with zero attached hydrogens (tertiary/aromatic N) is 3. The lowest BCUT2D eigenvalue weighted by atomic mass is 10.2. The number of hydrogen-bond donors (Lipinski definition) is 2. The third-order valence-electron chi connectivity index (χ3n) is 2.47. The minimum absolute atomic E-state index is 0.00113. The van der Waals surface area contributed by atoms with E-state index in [-0.39, 0.29) is 5.76 Å². The quantitative estimate of drug-likeness (QED) is 0.704. The van der Waals surface area contributed by atoms with Crippen molar-refractivity contribution in [3.8, 4) is 0 Å². The summed E-state index contributed by atoms with van der Waals surface area (Å²) >= 11 is 0. The molecule has 96 valence electrons. The van der Waals surface area contributed by atoms with Gasteiger partial charge in [0.1, 0.15) is 0 Å². The summed E-state index contributed by atoms with van der Waals surface area (Å²) in [6.45, 7) is 2.03. The van der Waals surface area contributed by atoms with Crippen LogP contribution < -0.4 is 5.32 Å². The summed E-state index contributed by atoms with van der Waals surface area (Å²) < 4.78 is 6.63. The van der Waals surface area contributed by atoms with Crippen molar-refractivity contribution >= 4 is 5.97 Å². The summed E-state index contributed by atoms with van der Waals surface area (Å²) in [5, 5.41) is 19.6. The van der Waals surface area contributed by atoms with Crippen molar-refractivity contribution in [3.05, 3.63) is 36.0 Å². The molecule has 0 aliphatic carbocycles. The molecule has 0 amide bonds. The third-order valence-corrected chi connectivity index (χ3v) is 2.47. The first-order valence-electron chi connectivity index (χ1n) is 5.62. The molecule has 0 aliphatic heterocycles. The zero-order chi connectivity index (χ0) is 12.8. The van der Waals surface area contributed by atoms with Crippen LogP contribution >= 0.6 is 0 Å². The zero-order valence-electron chi connectivity index (χ0n) is 9.74. The number of carbonyl (C=O) groups is 1. The molecule has 0 aromatic carbocycles. The second-order valence-corrected chi connectivity index (χ2v) is 3.78. The molecular formula is C11H14N4O3. The smallest absolute Gasteiger partial charge is 0.372 e. The number of aryl methyl sites for hydroxylation is 1. The van der Waals surface area contributed by atoms with Crippen molar-refractivity contribution in [2.24, 2.45) is 0 Å². The maximum atomic E-state index is 10.8. The van der Waals surface area contributed by atoms with Crippen molar-refractivity contribution in [2.75, 3.05) is 6.54 Å². The molecule has 0 radical (unpaired) electrons. The van der Waals surface area contributed by atoms with Gasteiger partial charge in [-0.25, -0.2) is 4.79 Å². The third kappa shape index (κ3) is 3.17. The van der Waals surface area contributed by atoms with E-state index in [9.17, 15) is 4.79 Å². The molecule has 2 heterocycles. The summed E-state index contributed by atoms with van der Waals surface area (Å²) in [6, 6.07) is 1.66. The van der Waals surface area contributed by atoms with Gasteiger partial charge in [-0.1, -0.05) is 5.21 Å². The predicted octanol–water partition coefficient (Wildman–Crippen LogP) is 0.749. The molecule has 0 fully saturated rings. The maximum Gasteiger partial charge on any atom is 0.372 e. The molecular weight excluding hydrogens is 236 g/mol. The fourth-order valence-electron chi connectivity index (χ4n) is 1.60. The molecule has 0 saturated carbocycles. The van der Waals surface area contributed by atoms with Crippen LogP contribution in [-0.4, -0.2) is 32.6 Å². The average Bonchev–Trinajstić information content (AvgIpc) is 2.98. The Morgan fingerprint density at radius 2 is 2.44 bits per heavy atom. The fraction of sp³-hybridized carbons (Fsp3) is 0.364. The normalized spacial score (nSPS) is 10.7. The van der Waals surface area contributed by atoms with Gasteiger partial charge < -0.3 is 14.8 Å². The van der Waals surface area contributed by atoms with Crippen molar-refractivity contribution in [2.45, 2.75) is 19.5 Å². The van der Waals surface area contributed by atoms with Gasteiger partial charge in [-0.2, -0.15) is 0 Å². The first kappa shape index (κ1) is 12.3. The highest BCUT2D eigenvalue weighted by Gasteiger charge is 2.12. The van der Waals surface area contributed by atoms with E-state index >= 15 is 0 Å². The molecule has 7 nitrogen and oxygen atoms in total. The molecule has 0 atom stereocenters. The first-order valence-corrected chi connectivity index (χ1v) is 5.62. The number of hydrogen-bond acceptors (Lipinski definition) is 5. The molecule has 0 saturated heterocycles. The molecule has 2 N–H and O–H groups in total. The monoisotopic (exact) mass is 250 g/mol. The lowest BCUT2D eigenvalue weighted by molar-refractivity contribution is 0.0660. The summed E-state index contributed by atoms with van der Waals surface area (Å²) in [6.07, 6.45) is 5.72. The Morgan fingerprint density at radius 1 is 1.56 bits per heavy atom. The highest BCUT2D eigenvalue weighted by atomic mass is 16.4. The Bertz CT molecular complexity index is 492.